The Morgan fingerprint density at radius 2 is 2.29 bits per heavy atom. The summed E-state index contributed by atoms with van der Waals surface area (Å²) in [6.07, 6.45) is 2.22. The van der Waals surface area contributed by atoms with Crippen LogP contribution < -0.4 is 11.1 Å². The lowest BCUT2D eigenvalue weighted by molar-refractivity contribution is -0.0118. The van der Waals surface area contributed by atoms with E-state index in [0.717, 1.165) is 26.0 Å². The molecule has 1 atom stereocenters. The fourth-order valence-electron chi connectivity index (χ4n) is 1.77. The van der Waals surface area contributed by atoms with E-state index < -0.39 is 0 Å². The van der Waals surface area contributed by atoms with Gasteiger partial charge in [0.1, 0.15) is 6.10 Å². The van der Waals surface area contributed by atoms with Crippen LogP contribution in [-0.2, 0) is 9.47 Å². The minimum absolute atomic E-state index is 0.102. The van der Waals surface area contributed by atoms with Crippen LogP contribution in [0, 0.1) is 0 Å². The number of oxime groups is 1. The molecule has 0 radical (unpaired) electrons. The van der Waals surface area contributed by atoms with E-state index in [2.05, 4.69) is 10.5 Å². The van der Waals surface area contributed by atoms with E-state index in [1.165, 1.54) is 0 Å². The first kappa shape index (κ1) is 14.2. The van der Waals surface area contributed by atoms with Gasteiger partial charge in [0.25, 0.3) is 0 Å². The Morgan fingerprint density at radius 3 is 2.88 bits per heavy atom. The van der Waals surface area contributed by atoms with Crippen LogP contribution in [0.2, 0.25) is 0 Å². The maximum atomic E-state index is 8.43. The van der Waals surface area contributed by atoms with Crippen LogP contribution in [0.15, 0.2) is 5.16 Å². The molecule has 0 aromatic heterocycles. The average molecular weight is 245 g/mol. The second kappa shape index (κ2) is 7.47. The van der Waals surface area contributed by atoms with Crippen molar-refractivity contribution in [3.05, 3.63) is 0 Å². The molecule has 0 aliphatic heterocycles. The van der Waals surface area contributed by atoms with Crippen LogP contribution in [0.5, 0.6) is 0 Å². The van der Waals surface area contributed by atoms with Gasteiger partial charge in [-0.1, -0.05) is 5.16 Å². The largest absolute Gasteiger partial charge is 0.409 e. The molecule has 0 aromatic carbocycles. The third kappa shape index (κ3) is 4.89. The number of hydrogen-bond acceptors (Lipinski definition) is 5. The molecule has 0 spiro atoms. The average Bonchev–Trinajstić information content (AvgIpc) is 2.29. The quantitative estimate of drug-likeness (QED) is 0.188. The zero-order chi connectivity index (χ0) is 12.7. The molecule has 1 saturated carbocycles. The SMILES string of the molecule is CCOC1CC(NCCOC(C)C(N)=NO)C1. The van der Waals surface area contributed by atoms with Crippen LogP contribution in [0.1, 0.15) is 26.7 Å². The fraction of sp³-hybridized carbons (Fsp3) is 0.909. The molecule has 1 aliphatic carbocycles. The summed E-state index contributed by atoms with van der Waals surface area (Å²) in [6.45, 7) is 5.88. The summed E-state index contributed by atoms with van der Waals surface area (Å²) in [6, 6.07) is 0.536. The molecule has 1 aliphatic rings. The first-order valence-electron chi connectivity index (χ1n) is 6.11. The van der Waals surface area contributed by atoms with E-state index >= 15 is 0 Å². The molecule has 100 valence electrons. The number of hydrogen-bond donors (Lipinski definition) is 3. The van der Waals surface area contributed by atoms with Crippen molar-refractivity contribution in [1.82, 2.24) is 5.32 Å². The van der Waals surface area contributed by atoms with Crippen LogP contribution in [0.3, 0.4) is 0 Å². The molecule has 1 fully saturated rings. The predicted molar refractivity (Wildman–Crippen MR) is 65.3 cm³/mol. The minimum Gasteiger partial charge on any atom is -0.409 e. The van der Waals surface area contributed by atoms with Gasteiger partial charge < -0.3 is 25.7 Å². The minimum atomic E-state index is -0.348. The highest BCUT2D eigenvalue weighted by Gasteiger charge is 2.28. The summed E-state index contributed by atoms with van der Waals surface area (Å²) < 4.78 is 10.8. The molecule has 1 unspecified atom stereocenters. The lowest BCUT2D eigenvalue weighted by Gasteiger charge is -2.35. The fourth-order valence-corrected chi connectivity index (χ4v) is 1.77. The van der Waals surface area contributed by atoms with Crippen molar-refractivity contribution in [2.24, 2.45) is 10.9 Å². The predicted octanol–water partition coefficient (Wildman–Crippen LogP) is 0.295. The molecule has 6 nitrogen and oxygen atoms in total. The van der Waals surface area contributed by atoms with Gasteiger partial charge in [0.15, 0.2) is 5.84 Å². The number of amidine groups is 1. The van der Waals surface area contributed by atoms with Gasteiger partial charge in [-0.05, 0) is 26.7 Å². The van der Waals surface area contributed by atoms with Gasteiger partial charge in [-0.25, -0.2) is 0 Å². The Morgan fingerprint density at radius 1 is 1.59 bits per heavy atom. The van der Waals surface area contributed by atoms with Crippen LogP contribution in [0.25, 0.3) is 0 Å². The number of nitrogens with two attached hydrogens (primary N) is 1. The molecule has 0 amide bonds. The Balaban J connectivity index is 1.96. The molecule has 1 rings (SSSR count). The second-order valence-corrected chi connectivity index (χ2v) is 4.24. The smallest absolute Gasteiger partial charge is 0.168 e. The molecule has 6 heteroatoms. The number of nitrogens with zero attached hydrogens (tertiary/aromatic N) is 1. The van der Waals surface area contributed by atoms with Gasteiger partial charge in [-0.15, -0.1) is 0 Å². The van der Waals surface area contributed by atoms with Crippen molar-refractivity contribution >= 4 is 5.84 Å². The highest BCUT2D eigenvalue weighted by atomic mass is 16.5. The van der Waals surface area contributed by atoms with Crippen LogP contribution in [-0.4, -0.2) is 49.1 Å². The van der Waals surface area contributed by atoms with Crippen molar-refractivity contribution < 1.29 is 14.7 Å². The Kier molecular flexibility index (Phi) is 6.25. The summed E-state index contributed by atoms with van der Waals surface area (Å²) in [7, 11) is 0. The highest BCUT2D eigenvalue weighted by Crippen LogP contribution is 2.22. The standard InChI is InChI=1S/C11H23N3O3/c1-3-16-10-6-9(7-10)13-4-5-17-8(2)11(12)14-15/h8-10,13,15H,3-7H2,1-2H3,(H2,12,14). The third-order valence-corrected chi connectivity index (χ3v) is 2.93. The van der Waals surface area contributed by atoms with Gasteiger partial charge in [-0.3, -0.25) is 0 Å². The van der Waals surface area contributed by atoms with Gasteiger partial charge in [0.2, 0.25) is 0 Å². The molecule has 17 heavy (non-hydrogen) atoms. The maximum Gasteiger partial charge on any atom is 0.168 e. The first-order chi connectivity index (χ1) is 8.17. The number of nitrogens with one attached hydrogen (secondary N) is 1. The van der Waals surface area contributed by atoms with Gasteiger partial charge in [-0.2, -0.15) is 0 Å². The topological polar surface area (TPSA) is 89.1 Å². The molecular formula is C11H23N3O3. The van der Waals surface area contributed by atoms with E-state index in [9.17, 15) is 0 Å². The molecule has 0 aromatic rings. The molecule has 0 bridgehead atoms. The maximum absolute atomic E-state index is 8.43. The van der Waals surface area contributed by atoms with Gasteiger partial charge in [0.05, 0.1) is 12.7 Å². The Hall–Kier alpha value is -0.850. The zero-order valence-corrected chi connectivity index (χ0v) is 10.6. The summed E-state index contributed by atoms with van der Waals surface area (Å²) >= 11 is 0. The van der Waals surface area contributed by atoms with Crippen molar-refractivity contribution in [3.63, 3.8) is 0 Å². The van der Waals surface area contributed by atoms with E-state index in [1.54, 1.807) is 6.92 Å². The van der Waals surface area contributed by atoms with Crippen molar-refractivity contribution in [1.29, 1.82) is 0 Å². The lowest BCUT2D eigenvalue weighted by Crippen LogP contribution is -2.46. The van der Waals surface area contributed by atoms with Crippen molar-refractivity contribution in [3.8, 4) is 0 Å². The molecular weight excluding hydrogens is 222 g/mol. The monoisotopic (exact) mass is 245 g/mol. The Labute approximate surface area is 102 Å². The van der Waals surface area contributed by atoms with Gasteiger partial charge >= 0.3 is 0 Å². The summed E-state index contributed by atoms with van der Waals surface area (Å²) in [5.41, 5.74) is 5.39. The van der Waals surface area contributed by atoms with Crippen LogP contribution >= 0.6 is 0 Å². The van der Waals surface area contributed by atoms with Crippen LogP contribution in [0.4, 0.5) is 0 Å². The van der Waals surface area contributed by atoms with E-state index in [4.69, 9.17) is 20.4 Å². The van der Waals surface area contributed by atoms with E-state index in [1.807, 2.05) is 6.92 Å². The normalized spacial score (nSPS) is 26.6. The molecule has 0 heterocycles. The van der Waals surface area contributed by atoms with Crippen molar-refractivity contribution in [2.75, 3.05) is 19.8 Å². The number of rotatable bonds is 8. The number of ether oxygens (including phenoxy) is 2. The second-order valence-electron chi connectivity index (χ2n) is 4.24. The molecule has 4 N–H and O–H groups in total. The molecule has 0 saturated heterocycles. The highest BCUT2D eigenvalue weighted by molar-refractivity contribution is 5.83. The lowest BCUT2D eigenvalue weighted by atomic mass is 9.89. The summed E-state index contributed by atoms with van der Waals surface area (Å²) in [4.78, 5) is 0. The zero-order valence-electron chi connectivity index (χ0n) is 10.6. The van der Waals surface area contributed by atoms with Gasteiger partial charge in [0, 0.05) is 19.2 Å². The van der Waals surface area contributed by atoms with Crippen molar-refractivity contribution in [2.45, 2.75) is 44.9 Å². The van der Waals surface area contributed by atoms with E-state index in [0.29, 0.717) is 18.8 Å². The Bertz CT molecular complexity index is 242. The summed E-state index contributed by atoms with van der Waals surface area (Å²) in [5, 5.41) is 14.7. The first-order valence-corrected chi connectivity index (χ1v) is 6.11. The summed E-state index contributed by atoms with van der Waals surface area (Å²) in [5.74, 6) is 0.102. The third-order valence-electron chi connectivity index (χ3n) is 2.93. The van der Waals surface area contributed by atoms with E-state index in [-0.39, 0.29) is 11.9 Å².